The van der Waals surface area contributed by atoms with Crippen molar-refractivity contribution in [2.75, 3.05) is 26.2 Å². The predicted molar refractivity (Wildman–Crippen MR) is 107 cm³/mol. The molecule has 5 nitrogen and oxygen atoms in total. The molecule has 2 rings (SSSR count). The van der Waals surface area contributed by atoms with Crippen LogP contribution in [0.1, 0.15) is 38.7 Å². The number of piperazine rings is 1. The van der Waals surface area contributed by atoms with E-state index in [0.29, 0.717) is 32.6 Å². The summed E-state index contributed by atoms with van der Waals surface area (Å²) < 4.78 is 0. The van der Waals surface area contributed by atoms with Crippen LogP contribution in [0.2, 0.25) is 0 Å². The minimum atomic E-state index is -0.432. The first-order valence-corrected chi connectivity index (χ1v) is 9.39. The number of benzene rings is 1. The fourth-order valence-corrected chi connectivity index (χ4v) is 3.13. The van der Waals surface area contributed by atoms with Gasteiger partial charge in [0, 0.05) is 32.6 Å². The molecule has 1 aliphatic heterocycles. The van der Waals surface area contributed by atoms with E-state index in [1.807, 2.05) is 41.8 Å². The van der Waals surface area contributed by atoms with E-state index in [2.05, 4.69) is 12.1 Å². The van der Waals surface area contributed by atoms with Gasteiger partial charge in [0.05, 0.1) is 6.04 Å². The highest BCUT2D eigenvalue weighted by Crippen LogP contribution is 2.12. The number of rotatable bonds is 7. The molecule has 146 valence electrons. The molecule has 0 aromatic heterocycles. The Kier molecular flexibility index (Phi) is 9.66. The SMILES string of the molecule is CCC(C)C(N)C(=O)N1CCN(C(=O)CCCc2ccccc2)CC1.Cl. The molecule has 2 amide bonds. The summed E-state index contributed by atoms with van der Waals surface area (Å²) in [5.41, 5.74) is 7.31. The van der Waals surface area contributed by atoms with Crippen molar-refractivity contribution >= 4 is 24.2 Å². The number of carbonyl (C=O) groups is 2. The number of carbonyl (C=O) groups excluding carboxylic acids is 2. The maximum Gasteiger partial charge on any atom is 0.239 e. The van der Waals surface area contributed by atoms with Crippen molar-refractivity contribution in [3.63, 3.8) is 0 Å². The van der Waals surface area contributed by atoms with Gasteiger partial charge in [-0.3, -0.25) is 9.59 Å². The lowest BCUT2D eigenvalue weighted by Gasteiger charge is -2.36. The van der Waals surface area contributed by atoms with Crippen LogP contribution < -0.4 is 5.73 Å². The number of nitrogens with zero attached hydrogens (tertiary/aromatic N) is 2. The lowest BCUT2D eigenvalue weighted by molar-refractivity contribution is -0.141. The van der Waals surface area contributed by atoms with Crippen molar-refractivity contribution in [1.82, 2.24) is 9.80 Å². The van der Waals surface area contributed by atoms with Gasteiger partial charge in [0.2, 0.25) is 11.8 Å². The van der Waals surface area contributed by atoms with Gasteiger partial charge < -0.3 is 15.5 Å². The zero-order valence-corrected chi connectivity index (χ0v) is 16.7. The van der Waals surface area contributed by atoms with Crippen LogP contribution in [0.25, 0.3) is 0 Å². The first-order chi connectivity index (χ1) is 12.0. The van der Waals surface area contributed by atoms with E-state index in [1.54, 1.807) is 0 Å². The highest BCUT2D eigenvalue weighted by molar-refractivity contribution is 5.85. The molecule has 26 heavy (non-hydrogen) atoms. The topological polar surface area (TPSA) is 66.6 Å². The Bertz CT molecular complexity index is 559. The number of halogens is 1. The van der Waals surface area contributed by atoms with E-state index in [0.717, 1.165) is 19.3 Å². The zero-order valence-electron chi connectivity index (χ0n) is 15.9. The molecular formula is C20H32ClN3O2. The zero-order chi connectivity index (χ0) is 18.2. The normalized spacial score (nSPS) is 16.6. The van der Waals surface area contributed by atoms with Gasteiger partial charge in [-0.15, -0.1) is 12.4 Å². The van der Waals surface area contributed by atoms with Crippen molar-refractivity contribution in [3.05, 3.63) is 35.9 Å². The second-order valence-electron chi connectivity index (χ2n) is 6.96. The lowest BCUT2D eigenvalue weighted by atomic mass is 9.98. The molecule has 1 aromatic rings. The largest absolute Gasteiger partial charge is 0.339 e. The summed E-state index contributed by atoms with van der Waals surface area (Å²) in [6.45, 7) is 6.46. The lowest BCUT2D eigenvalue weighted by Crippen LogP contribution is -2.55. The number of aryl methyl sites for hydroxylation is 1. The number of hydrogen-bond donors (Lipinski definition) is 1. The highest BCUT2D eigenvalue weighted by Gasteiger charge is 2.28. The fourth-order valence-electron chi connectivity index (χ4n) is 3.13. The van der Waals surface area contributed by atoms with Crippen LogP contribution in [0.5, 0.6) is 0 Å². The minimum Gasteiger partial charge on any atom is -0.339 e. The van der Waals surface area contributed by atoms with Crippen molar-refractivity contribution < 1.29 is 9.59 Å². The third kappa shape index (κ3) is 6.29. The summed E-state index contributed by atoms with van der Waals surface area (Å²) in [6, 6.07) is 9.81. The second kappa shape index (κ2) is 11.2. The van der Waals surface area contributed by atoms with Crippen molar-refractivity contribution in [1.29, 1.82) is 0 Å². The molecule has 0 bridgehead atoms. The first-order valence-electron chi connectivity index (χ1n) is 9.39. The van der Waals surface area contributed by atoms with Gasteiger partial charge in [0.15, 0.2) is 0 Å². The third-order valence-corrected chi connectivity index (χ3v) is 5.19. The van der Waals surface area contributed by atoms with Gasteiger partial charge in [-0.1, -0.05) is 50.6 Å². The Balaban J connectivity index is 0.00000338. The van der Waals surface area contributed by atoms with Gasteiger partial charge in [-0.2, -0.15) is 0 Å². The monoisotopic (exact) mass is 381 g/mol. The Labute approximate surface area is 163 Å². The van der Waals surface area contributed by atoms with Crippen LogP contribution in [-0.4, -0.2) is 53.8 Å². The summed E-state index contributed by atoms with van der Waals surface area (Å²) in [6.07, 6.45) is 3.25. The third-order valence-electron chi connectivity index (χ3n) is 5.19. The van der Waals surface area contributed by atoms with Crippen LogP contribution in [0.15, 0.2) is 30.3 Å². The molecule has 1 aliphatic rings. The summed E-state index contributed by atoms with van der Waals surface area (Å²) in [5, 5.41) is 0. The smallest absolute Gasteiger partial charge is 0.239 e. The summed E-state index contributed by atoms with van der Waals surface area (Å²) >= 11 is 0. The molecule has 0 aliphatic carbocycles. The molecule has 2 unspecified atom stereocenters. The Morgan fingerprint density at radius 2 is 1.65 bits per heavy atom. The van der Waals surface area contributed by atoms with Crippen LogP contribution in [0.3, 0.4) is 0 Å². The molecular weight excluding hydrogens is 350 g/mol. The van der Waals surface area contributed by atoms with E-state index in [4.69, 9.17) is 5.73 Å². The number of amides is 2. The molecule has 1 fully saturated rings. The van der Waals surface area contributed by atoms with Crippen molar-refractivity contribution in [3.8, 4) is 0 Å². The second-order valence-corrected chi connectivity index (χ2v) is 6.96. The molecule has 0 spiro atoms. The van der Waals surface area contributed by atoms with Gasteiger partial charge in [0.1, 0.15) is 0 Å². The van der Waals surface area contributed by atoms with E-state index < -0.39 is 6.04 Å². The molecule has 1 saturated heterocycles. The van der Waals surface area contributed by atoms with Crippen LogP contribution in [0, 0.1) is 5.92 Å². The molecule has 0 saturated carbocycles. The van der Waals surface area contributed by atoms with E-state index in [9.17, 15) is 9.59 Å². The fraction of sp³-hybridized carbons (Fsp3) is 0.600. The maximum atomic E-state index is 12.4. The molecule has 2 atom stereocenters. The van der Waals surface area contributed by atoms with E-state index in [1.165, 1.54) is 5.56 Å². The average Bonchev–Trinajstić information content (AvgIpc) is 2.67. The van der Waals surface area contributed by atoms with Gasteiger partial charge >= 0.3 is 0 Å². The quantitative estimate of drug-likeness (QED) is 0.788. The Morgan fingerprint density at radius 3 is 2.23 bits per heavy atom. The summed E-state index contributed by atoms with van der Waals surface area (Å²) in [4.78, 5) is 28.4. The molecule has 0 radical (unpaired) electrons. The van der Waals surface area contributed by atoms with E-state index in [-0.39, 0.29) is 30.1 Å². The first kappa shape index (κ1) is 22.5. The van der Waals surface area contributed by atoms with Crippen LogP contribution in [-0.2, 0) is 16.0 Å². The summed E-state index contributed by atoms with van der Waals surface area (Å²) in [7, 11) is 0. The Morgan fingerprint density at radius 1 is 1.08 bits per heavy atom. The van der Waals surface area contributed by atoms with Crippen molar-refractivity contribution in [2.24, 2.45) is 11.7 Å². The minimum absolute atomic E-state index is 0. The highest BCUT2D eigenvalue weighted by atomic mass is 35.5. The molecule has 1 heterocycles. The average molecular weight is 382 g/mol. The predicted octanol–water partition coefficient (Wildman–Crippen LogP) is 2.48. The van der Waals surface area contributed by atoms with E-state index >= 15 is 0 Å². The number of hydrogen-bond acceptors (Lipinski definition) is 3. The van der Waals surface area contributed by atoms with Crippen molar-refractivity contribution in [2.45, 2.75) is 45.6 Å². The van der Waals surface area contributed by atoms with Gasteiger partial charge in [0.25, 0.3) is 0 Å². The molecule has 1 aromatic carbocycles. The summed E-state index contributed by atoms with van der Waals surface area (Å²) in [5.74, 6) is 0.393. The van der Waals surface area contributed by atoms with Crippen LogP contribution in [0.4, 0.5) is 0 Å². The van der Waals surface area contributed by atoms with Gasteiger partial charge in [-0.05, 0) is 24.3 Å². The van der Waals surface area contributed by atoms with Gasteiger partial charge in [-0.25, -0.2) is 0 Å². The standard InChI is InChI=1S/C20H31N3O2.ClH/c1-3-16(2)19(21)20(25)23-14-12-22(13-15-23)18(24)11-7-10-17-8-5-4-6-9-17;/h4-6,8-9,16,19H,3,7,10-15,21H2,1-2H3;1H. The molecule has 2 N–H and O–H groups in total. The maximum absolute atomic E-state index is 12.4. The molecule has 6 heteroatoms. The Hall–Kier alpha value is -1.59. The number of nitrogens with two attached hydrogens (primary N) is 1. The van der Waals surface area contributed by atoms with Crippen LogP contribution >= 0.6 is 12.4 Å².